The molecule has 1 heterocycles. The Kier molecular flexibility index (Phi) is 3.47. The topological polar surface area (TPSA) is 49.5 Å². The first-order chi connectivity index (χ1) is 7.58. The Bertz CT molecular complexity index is 424. The Labute approximate surface area is 108 Å². The number of halogens is 1. The Morgan fingerprint density at radius 1 is 1.56 bits per heavy atom. The molecule has 1 aliphatic heterocycles. The summed E-state index contributed by atoms with van der Waals surface area (Å²) >= 11 is 8.43. The standard InChI is InChI=1S/C11H13BrN2OS/c12-9-5-7(11(13)16)1-2-10(9)14-4-3-8(15)6-14/h1-2,5,8,15H,3-4,6H2,(H2,13,16). The van der Waals surface area contributed by atoms with Gasteiger partial charge in [0.25, 0.3) is 0 Å². The van der Waals surface area contributed by atoms with E-state index in [1.54, 1.807) is 0 Å². The number of thiocarbonyl (C=S) groups is 1. The average molecular weight is 301 g/mol. The van der Waals surface area contributed by atoms with Gasteiger partial charge in [0.05, 0.1) is 11.8 Å². The van der Waals surface area contributed by atoms with Crippen molar-refractivity contribution < 1.29 is 5.11 Å². The summed E-state index contributed by atoms with van der Waals surface area (Å²) in [5, 5.41) is 9.50. The Morgan fingerprint density at radius 3 is 2.81 bits per heavy atom. The van der Waals surface area contributed by atoms with E-state index < -0.39 is 0 Å². The van der Waals surface area contributed by atoms with Gasteiger partial charge in [-0.05, 0) is 40.5 Å². The van der Waals surface area contributed by atoms with E-state index in [1.165, 1.54) is 0 Å². The zero-order chi connectivity index (χ0) is 11.7. The predicted molar refractivity (Wildman–Crippen MR) is 72.9 cm³/mol. The van der Waals surface area contributed by atoms with Gasteiger partial charge in [-0.15, -0.1) is 0 Å². The lowest BCUT2D eigenvalue weighted by Crippen LogP contribution is -2.21. The van der Waals surface area contributed by atoms with Crippen LogP contribution in [0.4, 0.5) is 5.69 Å². The molecular formula is C11H13BrN2OS. The third kappa shape index (κ3) is 2.36. The number of aliphatic hydroxyl groups is 1. The lowest BCUT2D eigenvalue weighted by molar-refractivity contribution is 0.198. The van der Waals surface area contributed by atoms with Crippen LogP contribution in [0.5, 0.6) is 0 Å². The van der Waals surface area contributed by atoms with Crippen LogP contribution in [0.3, 0.4) is 0 Å². The van der Waals surface area contributed by atoms with Gasteiger partial charge in [-0.3, -0.25) is 0 Å². The van der Waals surface area contributed by atoms with Crippen molar-refractivity contribution in [1.29, 1.82) is 0 Å². The highest BCUT2D eigenvalue weighted by Gasteiger charge is 2.21. The summed E-state index contributed by atoms with van der Waals surface area (Å²) in [6.07, 6.45) is 0.603. The van der Waals surface area contributed by atoms with Crippen molar-refractivity contribution in [2.45, 2.75) is 12.5 Å². The minimum atomic E-state index is -0.220. The van der Waals surface area contributed by atoms with Crippen LogP contribution in [0.25, 0.3) is 0 Å². The fourth-order valence-electron chi connectivity index (χ4n) is 1.88. The van der Waals surface area contributed by atoms with E-state index in [0.717, 1.165) is 28.7 Å². The molecule has 0 radical (unpaired) electrons. The normalized spacial score (nSPS) is 20.1. The van der Waals surface area contributed by atoms with Crippen LogP contribution >= 0.6 is 28.1 Å². The molecule has 1 aromatic carbocycles. The molecule has 1 fully saturated rings. The first-order valence-corrected chi connectivity index (χ1v) is 6.30. The van der Waals surface area contributed by atoms with E-state index in [0.29, 0.717) is 11.5 Å². The van der Waals surface area contributed by atoms with Crippen molar-refractivity contribution in [1.82, 2.24) is 0 Å². The zero-order valence-electron chi connectivity index (χ0n) is 8.69. The molecule has 5 heteroatoms. The van der Waals surface area contributed by atoms with E-state index in [9.17, 15) is 5.11 Å². The smallest absolute Gasteiger partial charge is 0.104 e. The molecular weight excluding hydrogens is 288 g/mol. The van der Waals surface area contributed by atoms with Crippen LogP contribution < -0.4 is 10.6 Å². The summed E-state index contributed by atoms with van der Waals surface area (Å²) < 4.78 is 0.965. The number of rotatable bonds is 2. The van der Waals surface area contributed by atoms with Crippen LogP contribution in [-0.2, 0) is 0 Å². The average Bonchev–Trinajstić information content (AvgIpc) is 2.64. The molecule has 0 aromatic heterocycles. The summed E-state index contributed by atoms with van der Waals surface area (Å²) in [5.74, 6) is 0. The second-order valence-corrected chi connectivity index (χ2v) is 5.21. The molecule has 1 atom stereocenters. The van der Waals surface area contributed by atoms with Gasteiger partial charge in [-0.25, -0.2) is 0 Å². The molecule has 0 amide bonds. The number of hydrogen-bond acceptors (Lipinski definition) is 3. The number of nitrogens with two attached hydrogens (primary N) is 1. The lowest BCUT2D eigenvalue weighted by Gasteiger charge is -2.19. The van der Waals surface area contributed by atoms with Crippen LogP contribution in [0.15, 0.2) is 22.7 Å². The summed E-state index contributed by atoms with van der Waals surface area (Å²) in [6.45, 7) is 1.57. The number of aliphatic hydroxyl groups excluding tert-OH is 1. The quantitative estimate of drug-likeness (QED) is 0.816. The van der Waals surface area contributed by atoms with Gasteiger partial charge in [0.15, 0.2) is 0 Å². The predicted octanol–water partition coefficient (Wildman–Crippen LogP) is 1.65. The van der Waals surface area contributed by atoms with Gasteiger partial charge >= 0.3 is 0 Å². The molecule has 1 saturated heterocycles. The maximum atomic E-state index is 9.50. The summed E-state index contributed by atoms with van der Waals surface area (Å²) in [4.78, 5) is 2.55. The first-order valence-electron chi connectivity index (χ1n) is 5.10. The van der Waals surface area contributed by atoms with Crippen molar-refractivity contribution in [2.24, 2.45) is 5.73 Å². The van der Waals surface area contributed by atoms with Gasteiger partial charge < -0.3 is 15.7 Å². The zero-order valence-corrected chi connectivity index (χ0v) is 11.1. The molecule has 1 aliphatic rings. The van der Waals surface area contributed by atoms with E-state index in [-0.39, 0.29) is 6.10 Å². The SMILES string of the molecule is NC(=S)c1ccc(N2CCC(O)C2)c(Br)c1. The number of nitrogens with zero attached hydrogens (tertiary/aromatic N) is 1. The summed E-state index contributed by atoms with van der Waals surface area (Å²) in [7, 11) is 0. The van der Waals surface area contributed by atoms with Gasteiger partial charge in [0.1, 0.15) is 4.99 Å². The van der Waals surface area contributed by atoms with E-state index >= 15 is 0 Å². The van der Waals surface area contributed by atoms with Crippen molar-refractivity contribution in [3.63, 3.8) is 0 Å². The second-order valence-electron chi connectivity index (χ2n) is 3.92. The molecule has 0 aliphatic carbocycles. The summed E-state index contributed by atoms with van der Waals surface area (Å²) in [5.41, 5.74) is 7.50. The number of benzene rings is 1. The molecule has 0 saturated carbocycles. The fraction of sp³-hybridized carbons (Fsp3) is 0.364. The minimum Gasteiger partial charge on any atom is -0.391 e. The highest BCUT2D eigenvalue weighted by Crippen LogP contribution is 2.29. The van der Waals surface area contributed by atoms with E-state index in [1.807, 2.05) is 18.2 Å². The van der Waals surface area contributed by atoms with Crippen LogP contribution in [-0.4, -0.2) is 29.3 Å². The molecule has 16 heavy (non-hydrogen) atoms. The maximum absolute atomic E-state index is 9.50. The second kappa shape index (κ2) is 4.69. The largest absolute Gasteiger partial charge is 0.391 e. The van der Waals surface area contributed by atoms with Crippen LogP contribution in [0.1, 0.15) is 12.0 Å². The summed E-state index contributed by atoms with van der Waals surface area (Å²) in [6, 6.07) is 5.81. The molecule has 1 aromatic rings. The third-order valence-electron chi connectivity index (χ3n) is 2.74. The Balaban J connectivity index is 2.26. The monoisotopic (exact) mass is 300 g/mol. The molecule has 86 valence electrons. The van der Waals surface area contributed by atoms with Crippen molar-refractivity contribution in [2.75, 3.05) is 18.0 Å². The highest BCUT2D eigenvalue weighted by atomic mass is 79.9. The van der Waals surface area contributed by atoms with Crippen LogP contribution in [0.2, 0.25) is 0 Å². The molecule has 0 spiro atoms. The van der Waals surface area contributed by atoms with Gasteiger partial charge in [0, 0.05) is 23.1 Å². The minimum absolute atomic E-state index is 0.220. The van der Waals surface area contributed by atoms with E-state index in [4.69, 9.17) is 18.0 Å². The van der Waals surface area contributed by atoms with Gasteiger partial charge in [-0.1, -0.05) is 12.2 Å². The fourth-order valence-corrected chi connectivity index (χ4v) is 2.63. The van der Waals surface area contributed by atoms with Crippen LogP contribution in [0, 0.1) is 0 Å². The van der Waals surface area contributed by atoms with Crippen molar-refractivity contribution in [3.05, 3.63) is 28.2 Å². The lowest BCUT2D eigenvalue weighted by atomic mass is 10.2. The van der Waals surface area contributed by atoms with Gasteiger partial charge in [0.2, 0.25) is 0 Å². The van der Waals surface area contributed by atoms with E-state index in [2.05, 4.69) is 20.8 Å². The Hall–Kier alpha value is -0.650. The number of hydrogen-bond donors (Lipinski definition) is 2. The number of anilines is 1. The maximum Gasteiger partial charge on any atom is 0.104 e. The first kappa shape index (κ1) is 11.8. The highest BCUT2D eigenvalue weighted by molar-refractivity contribution is 9.10. The van der Waals surface area contributed by atoms with Crippen molar-refractivity contribution in [3.8, 4) is 0 Å². The molecule has 0 bridgehead atoms. The number of β-amino-alcohol motifs (C(OH)–C–C–N with tert-alkyl or cyclic N) is 1. The van der Waals surface area contributed by atoms with Crippen molar-refractivity contribution >= 4 is 38.8 Å². The third-order valence-corrected chi connectivity index (χ3v) is 3.61. The molecule has 2 rings (SSSR count). The van der Waals surface area contributed by atoms with Gasteiger partial charge in [-0.2, -0.15) is 0 Å². The molecule has 1 unspecified atom stereocenters. The molecule has 3 nitrogen and oxygen atoms in total. The molecule has 3 N–H and O–H groups in total. The Morgan fingerprint density at radius 2 is 2.31 bits per heavy atom.